The zero-order valence-corrected chi connectivity index (χ0v) is 18.5. The van der Waals surface area contributed by atoms with Gasteiger partial charge in [0.05, 0.1) is 24.4 Å². The highest BCUT2D eigenvalue weighted by molar-refractivity contribution is 5.97. The Morgan fingerprint density at radius 1 is 0.909 bits per heavy atom. The molecule has 4 rings (SSSR count). The van der Waals surface area contributed by atoms with Crippen LogP contribution in [-0.4, -0.2) is 30.1 Å². The van der Waals surface area contributed by atoms with E-state index in [0.29, 0.717) is 28.6 Å². The van der Waals surface area contributed by atoms with Crippen LogP contribution in [0.5, 0.6) is 0 Å². The Kier molecular flexibility index (Phi) is 6.50. The van der Waals surface area contributed by atoms with Crippen LogP contribution in [0.2, 0.25) is 0 Å². The van der Waals surface area contributed by atoms with Gasteiger partial charge in [-0.1, -0.05) is 72.8 Å². The molecule has 3 N–H and O–H groups in total. The summed E-state index contributed by atoms with van der Waals surface area (Å²) in [6.45, 7) is 0. The molecule has 1 heterocycles. The van der Waals surface area contributed by atoms with Crippen LogP contribution < -0.4 is 16.0 Å². The molecular formula is C26H25N5O2. The lowest BCUT2D eigenvalue weighted by Gasteiger charge is -2.25. The van der Waals surface area contributed by atoms with Gasteiger partial charge in [0.1, 0.15) is 12.0 Å². The van der Waals surface area contributed by atoms with Crippen molar-refractivity contribution >= 4 is 29.0 Å². The van der Waals surface area contributed by atoms with Gasteiger partial charge >= 0.3 is 5.97 Å². The van der Waals surface area contributed by atoms with Gasteiger partial charge in [0.15, 0.2) is 11.6 Å². The van der Waals surface area contributed by atoms with Crippen molar-refractivity contribution in [2.75, 3.05) is 30.1 Å². The number of benzene rings is 3. The number of ether oxygens (including phenoxy) is 1. The van der Waals surface area contributed by atoms with Crippen molar-refractivity contribution in [3.05, 3.63) is 108 Å². The van der Waals surface area contributed by atoms with Crippen LogP contribution in [0.15, 0.2) is 91.3 Å². The van der Waals surface area contributed by atoms with E-state index in [0.717, 1.165) is 11.1 Å². The van der Waals surface area contributed by atoms with Gasteiger partial charge in [-0.15, -0.1) is 0 Å². The second-order valence-corrected chi connectivity index (χ2v) is 7.43. The number of aromatic nitrogens is 2. The molecule has 0 aliphatic heterocycles. The van der Waals surface area contributed by atoms with E-state index in [1.165, 1.54) is 13.4 Å². The van der Waals surface area contributed by atoms with E-state index in [1.807, 2.05) is 48.5 Å². The van der Waals surface area contributed by atoms with Gasteiger partial charge < -0.3 is 20.7 Å². The van der Waals surface area contributed by atoms with Gasteiger partial charge in [0.25, 0.3) is 0 Å². The zero-order valence-electron chi connectivity index (χ0n) is 18.5. The Bertz CT molecular complexity index is 1190. The number of anilines is 4. The second kappa shape index (κ2) is 9.82. The van der Waals surface area contributed by atoms with Crippen molar-refractivity contribution in [1.29, 1.82) is 0 Å². The quantitative estimate of drug-likeness (QED) is 0.399. The standard InChI is InChI=1S/C26H25N5O2/c1-31(21-16-10-9-15-20(21)26(32)33-2)25-22(27)24(28-17-29-25)30-23(18-11-5-3-6-12-18)19-13-7-4-8-14-19/h3-17,23H,27H2,1-2H3,(H,28,29,30). The normalized spacial score (nSPS) is 10.6. The molecule has 0 unspecified atom stereocenters. The maximum atomic E-state index is 12.3. The molecule has 7 heteroatoms. The first kappa shape index (κ1) is 21.8. The lowest BCUT2D eigenvalue weighted by molar-refractivity contribution is 0.0601. The largest absolute Gasteiger partial charge is 0.465 e. The SMILES string of the molecule is COC(=O)c1ccccc1N(C)c1ncnc(NC(c2ccccc2)c2ccccc2)c1N. The fraction of sp³-hybridized carbons (Fsp3) is 0.115. The van der Waals surface area contributed by atoms with E-state index >= 15 is 0 Å². The number of carbonyl (C=O) groups is 1. The zero-order chi connectivity index (χ0) is 23.2. The van der Waals surface area contributed by atoms with E-state index in [1.54, 1.807) is 24.1 Å². The van der Waals surface area contributed by atoms with Gasteiger partial charge in [0.2, 0.25) is 0 Å². The van der Waals surface area contributed by atoms with Crippen LogP contribution in [0.3, 0.4) is 0 Å². The number of hydrogen-bond acceptors (Lipinski definition) is 7. The molecule has 3 aromatic carbocycles. The molecule has 0 fully saturated rings. The van der Waals surface area contributed by atoms with Gasteiger partial charge in [0, 0.05) is 7.05 Å². The summed E-state index contributed by atoms with van der Waals surface area (Å²) in [5.41, 5.74) is 10.1. The minimum absolute atomic E-state index is 0.162. The van der Waals surface area contributed by atoms with Crippen LogP contribution in [0.1, 0.15) is 27.5 Å². The Balaban J connectivity index is 1.72. The summed E-state index contributed by atoms with van der Waals surface area (Å²) >= 11 is 0. The number of nitrogen functional groups attached to an aromatic ring is 1. The van der Waals surface area contributed by atoms with Crippen LogP contribution in [-0.2, 0) is 4.74 Å². The first-order chi connectivity index (χ1) is 16.1. The van der Waals surface area contributed by atoms with Crippen molar-refractivity contribution in [2.45, 2.75) is 6.04 Å². The number of carbonyl (C=O) groups excluding carboxylic acids is 1. The van der Waals surface area contributed by atoms with E-state index in [4.69, 9.17) is 10.5 Å². The van der Waals surface area contributed by atoms with Gasteiger partial charge in [-0.3, -0.25) is 0 Å². The summed E-state index contributed by atoms with van der Waals surface area (Å²) in [7, 11) is 3.16. The summed E-state index contributed by atoms with van der Waals surface area (Å²) in [5.74, 6) is 0.542. The third-order valence-corrected chi connectivity index (χ3v) is 5.40. The Hall–Kier alpha value is -4.39. The van der Waals surface area contributed by atoms with Crippen molar-refractivity contribution in [2.24, 2.45) is 0 Å². The predicted molar refractivity (Wildman–Crippen MR) is 131 cm³/mol. The van der Waals surface area contributed by atoms with Crippen molar-refractivity contribution in [3.8, 4) is 0 Å². The molecule has 0 bridgehead atoms. The molecule has 33 heavy (non-hydrogen) atoms. The van der Waals surface area contributed by atoms with Gasteiger partial charge in [-0.2, -0.15) is 0 Å². The number of nitrogens with zero attached hydrogens (tertiary/aromatic N) is 3. The highest BCUT2D eigenvalue weighted by Gasteiger charge is 2.21. The molecule has 0 saturated carbocycles. The van der Waals surface area contributed by atoms with Crippen LogP contribution in [0.25, 0.3) is 0 Å². The van der Waals surface area contributed by atoms with Gasteiger partial charge in [-0.05, 0) is 23.3 Å². The summed E-state index contributed by atoms with van der Waals surface area (Å²) in [4.78, 5) is 22.8. The van der Waals surface area contributed by atoms with Gasteiger partial charge in [-0.25, -0.2) is 14.8 Å². The number of nitrogens with one attached hydrogen (secondary N) is 1. The maximum Gasteiger partial charge on any atom is 0.339 e. The minimum Gasteiger partial charge on any atom is -0.465 e. The molecule has 0 spiro atoms. The van der Waals surface area contributed by atoms with E-state index in [9.17, 15) is 4.79 Å². The van der Waals surface area contributed by atoms with E-state index < -0.39 is 5.97 Å². The van der Waals surface area contributed by atoms with Crippen LogP contribution >= 0.6 is 0 Å². The molecule has 4 aromatic rings. The molecule has 166 valence electrons. The predicted octanol–water partition coefficient (Wildman–Crippen LogP) is 4.81. The number of rotatable bonds is 7. The Morgan fingerprint density at radius 3 is 2.09 bits per heavy atom. The second-order valence-electron chi connectivity index (χ2n) is 7.43. The number of nitrogens with two attached hydrogens (primary N) is 1. The maximum absolute atomic E-state index is 12.3. The Labute approximate surface area is 192 Å². The number of para-hydroxylation sites is 1. The monoisotopic (exact) mass is 439 g/mol. The molecule has 0 atom stereocenters. The molecular weight excluding hydrogens is 414 g/mol. The number of hydrogen-bond donors (Lipinski definition) is 2. The minimum atomic E-state index is -0.434. The number of esters is 1. The topological polar surface area (TPSA) is 93.4 Å². The third-order valence-electron chi connectivity index (χ3n) is 5.40. The lowest BCUT2D eigenvalue weighted by Crippen LogP contribution is -2.20. The molecule has 0 aliphatic rings. The Morgan fingerprint density at radius 2 is 1.48 bits per heavy atom. The lowest BCUT2D eigenvalue weighted by atomic mass is 9.99. The average molecular weight is 440 g/mol. The number of methoxy groups -OCH3 is 1. The highest BCUT2D eigenvalue weighted by Crippen LogP contribution is 2.35. The smallest absolute Gasteiger partial charge is 0.339 e. The van der Waals surface area contributed by atoms with E-state index in [2.05, 4.69) is 39.6 Å². The van der Waals surface area contributed by atoms with Crippen molar-refractivity contribution in [3.63, 3.8) is 0 Å². The summed E-state index contributed by atoms with van der Waals surface area (Å²) < 4.78 is 4.93. The molecule has 0 amide bonds. The van der Waals surface area contributed by atoms with Crippen molar-refractivity contribution < 1.29 is 9.53 Å². The molecule has 7 nitrogen and oxygen atoms in total. The van der Waals surface area contributed by atoms with Crippen LogP contribution in [0.4, 0.5) is 23.0 Å². The molecule has 0 saturated heterocycles. The first-order valence-corrected chi connectivity index (χ1v) is 10.5. The average Bonchev–Trinajstić information content (AvgIpc) is 2.88. The first-order valence-electron chi connectivity index (χ1n) is 10.5. The van der Waals surface area contributed by atoms with E-state index in [-0.39, 0.29) is 6.04 Å². The van der Waals surface area contributed by atoms with Crippen LogP contribution in [0, 0.1) is 0 Å². The third kappa shape index (κ3) is 4.62. The molecule has 0 aliphatic carbocycles. The summed E-state index contributed by atoms with van der Waals surface area (Å²) in [6, 6.07) is 27.2. The fourth-order valence-corrected chi connectivity index (χ4v) is 3.72. The molecule has 1 aromatic heterocycles. The summed E-state index contributed by atoms with van der Waals surface area (Å²) in [6.07, 6.45) is 1.46. The fourth-order valence-electron chi connectivity index (χ4n) is 3.72. The van der Waals surface area contributed by atoms with Crippen molar-refractivity contribution in [1.82, 2.24) is 9.97 Å². The molecule has 0 radical (unpaired) electrons. The highest BCUT2D eigenvalue weighted by atomic mass is 16.5. The summed E-state index contributed by atoms with van der Waals surface area (Å²) in [5, 5.41) is 3.48.